The first-order valence-electron chi connectivity index (χ1n) is 8.31. The van der Waals surface area contributed by atoms with Gasteiger partial charge in [0, 0.05) is 17.6 Å². The van der Waals surface area contributed by atoms with Gasteiger partial charge in [-0.25, -0.2) is 4.79 Å². The molecule has 3 heteroatoms. The molecule has 0 saturated carbocycles. The normalized spacial score (nSPS) is 11.5. The molecule has 3 nitrogen and oxygen atoms in total. The highest BCUT2D eigenvalue weighted by atomic mass is 16.4. The van der Waals surface area contributed by atoms with Crippen LogP contribution in [0.2, 0.25) is 0 Å². The predicted octanol–water partition coefficient (Wildman–Crippen LogP) is 5.13. The molecule has 0 atom stereocenters. The van der Waals surface area contributed by atoms with E-state index in [1.165, 1.54) is 16.8 Å². The molecule has 1 heterocycles. The molecule has 0 spiro atoms. The van der Waals surface area contributed by atoms with Gasteiger partial charge in [0.1, 0.15) is 0 Å². The van der Waals surface area contributed by atoms with Crippen molar-refractivity contribution >= 4 is 16.9 Å². The number of benzene rings is 1. The minimum absolute atomic E-state index is 0.307. The number of carbonyl (C=O) groups is 1. The molecule has 2 aromatic rings. The van der Waals surface area contributed by atoms with Crippen molar-refractivity contribution in [3.05, 3.63) is 34.5 Å². The maximum atomic E-state index is 11.5. The molecular weight excluding hydrogens is 274 g/mol. The van der Waals surface area contributed by atoms with Crippen molar-refractivity contribution in [3.63, 3.8) is 0 Å². The van der Waals surface area contributed by atoms with Gasteiger partial charge in [-0.15, -0.1) is 0 Å². The number of hydrogen-bond acceptors (Lipinski definition) is 1. The van der Waals surface area contributed by atoms with Gasteiger partial charge in [0.15, 0.2) is 0 Å². The molecule has 0 aliphatic heterocycles. The number of hydrogen-bond donors (Lipinski definition) is 1. The lowest BCUT2D eigenvalue weighted by Gasteiger charge is -2.14. The van der Waals surface area contributed by atoms with E-state index in [1.807, 2.05) is 12.1 Å². The zero-order valence-corrected chi connectivity index (χ0v) is 14.4. The molecule has 0 unspecified atom stereocenters. The Labute approximate surface area is 133 Å². The van der Waals surface area contributed by atoms with Crippen LogP contribution in [0, 0.1) is 6.92 Å². The molecule has 1 N–H and O–H groups in total. The Kier molecular flexibility index (Phi) is 4.94. The molecule has 1 aromatic carbocycles. The second-order valence-corrected chi connectivity index (χ2v) is 6.34. The van der Waals surface area contributed by atoms with E-state index < -0.39 is 5.97 Å². The number of carboxylic acids is 1. The van der Waals surface area contributed by atoms with Gasteiger partial charge in [0.25, 0.3) is 0 Å². The number of aromatic carboxylic acids is 1. The van der Waals surface area contributed by atoms with E-state index in [1.54, 1.807) is 0 Å². The molecule has 0 radical (unpaired) electrons. The smallest absolute Gasteiger partial charge is 0.335 e. The second-order valence-electron chi connectivity index (χ2n) is 6.34. The van der Waals surface area contributed by atoms with Gasteiger partial charge in [-0.3, -0.25) is 0 Å². The Bertz CT molecular complexity index is 695. The SMILES string of the molecule is CCCCn1c(C)c(CC)c2cc(C(=O)O)cc(C(C)C)c21. The number of carboxylic acid groups (broad SMARTS) is 1. The highest BCUT2D eigenvalue weighted by molar-refractivity contribution is 5.97. The van der Waals surface area contributed by atoms with E-state index in [4.69, 9.17) is 0 Å². The van der Waals surface area contributed by atoms with E-state index in [0.29, 0.717) is 11.5 Å². The van der Waals surface area contributed by atoms with Crippen LogP contribution in [-0.4, -0.2) is 15.6 Å². The Morgan fingerprint density at radius 2 is 1.95 bits per heavy atom. The van der Waals surface area contributed by atoms with Crippen molar-refractivity contribution in [2.24, 2.45) is 0 Å². The summed E-state index contributed by atoms with van der Waals surface area (Å²) in [5.41, 5.74) is 5.36. The predicted molar refractivity (Wildman–Crippen MR) is 92.0 cm³/mol. The standard InChI is InChI=1S/C19H27NO2/c1-6-8-9-20-13(5)15(7-2)17-11-14(19(21)22)10-16(12(3)4)18(17)20/h10-12H,6-9H2,1-5H3,(H,21,22). The highest BCUT2D eigenvalue weighted by Gasteiger charge is 2.20. The van der Waals surface area contributed by atoms with Crippen molar-refractivity contribution in [2.45, 2.75) is 66.3 Å². The molecule has 0 bridgehead atoms. The summed E-state index contributed by atoms with van der Waals surface area (Å²) in [6.07, 6.45) is 3.23. The molecule has 0 aliphatic carbocycles. The van der Waals surface area contributed by atoms with E-state index in [9.17, 15) is 9.90 Å². The third-order valence-electron chi connectivity index (χ3n) is 4.53. The number of fused-ring (bicyclic) bond motifs is 1. The van der Waals surface area contributed by atoms with Crippen LogP contribution in [0.25, 0.3) is 10.9 Å². The first kappa shape index (κ1) is 16.6. The van der Waals surface area contributed by atoms with Gasteiger partial charge in [-0.1, -0.05) is 34.1 Å². The monoisotopic (exact) mass is 301 g/mol. The van der Waals surface area contributed by atoms with Gasteiger partial charge in [-0.2, -0.15) is 0 Å². The summed E-state index contributed by atoms with van der Waals surface area (Å²) in [6, 6.07) is 3.72. The van der Waals surface area contributed by atoms with Gasteiger partial charge in [0.2, 0.25) is 0 Å². The fourth-order valence-corrected chi connectivity index (χ4v) is 3.32. The molecular formula is C19H27NO2. The summed E-state index contributed by atoms with van der Waals surface area (Å²) < 4.78 is 2.40. The van der Waals surface area contributed by atoms with E-state index >= 15 is 0 Å². The second kappa shape index (κ2) is 6.55. The van der Waals surface area contributed by atoms with Crippen molar-refractivity contribution in [1.82, 2.24) is 4.57 Å². The molecule has 0 fully saturated rings. The molecule has 22 heavy (non-hydrogen) atoms. The number of aromatic nitrogens is 1. The van der Waals surface area contributed by atoms with Crippen molar-refractivity contribution in [2.75, 3.05) is 0 Å². The van der Waals surface area contributed by atoms with Crippen LogP contribution in [0.5, 0.6) is 0 Å². The summed E-state index contributed by atoms with van der Waals surface area (Å²) in [5, 5.41) is 10.5. The zero-order valence-electron chi connectivity index (χ0n) is 14.4. The largest absolute Gasteiger partial charge is 0.478 e. The Hall–Kier alpha value is -1.77. The quantitative estimate of drug-likeness (QED) is 0.803. The van der Waals surface area contributed by atoms with Crippen molar-refractivity contribution in [1.29, 1.82) is 0 Å². The fraction of sp³-hybridized carbons (Fsp3) is 0.526. The summed E-state index contributed by atoms with van der Waals surface area (Å²) in [4.78, 5) is 11.5. The number of unbranched alkanes of at least 4 members (excludes halogenated alkanes) is 1. The van der Waals surface area contributed by atoms with E-state index in [0.717, 1.165) is 36.8 Å². The topological polar surface area (TPSA) is 42.2 Å². The minimum Gasteiger partial charge on any atom is -0.478 e. The summed E-state index contributed by atoms with van der Waals surface area (Å²) in [7, 11) is 0. The summed E-state index contributed by atoms with van der Waals surface area (Å²) in [6.45, 7) is 11.8. The molecule has 0 amide bonds. The van der Waals surface area contributed by atoms with Gasteiger partial charge < -0.3 is 9.67 Å². The summed E-state index contributed by atoms with van der Waals surface area (Å²) >= 11 is 0. The number of rotatable bonds is 6. The van der Waals surface area contributed by atoms with Crippen LogP contribution in [-0.2, 0) is 13.0 Å². The number of aryl methyl sites for hydroxylation is 2. The van der Waals surface area contributed by atoms with Crippen LogP contribution in [0.15, 0.2) is 12.1 Å². The van der Waals surface area contributed by atoms with Crippen LogP contribution in [0.1, 0.15) is 73.6 Å². The lowest BCUT2D eigenvalue weighted by molar-refractivity contribution is 0.0697. The Morgan fingerprint density at radius 1 is 1.27 bits per heavy atom. The van der Waals surface area contributed by atoms with Crippen molar-refractivity contribution < 1.29 is 9.90 Å². The van der Waals surface area contributed by atoms with Crippen LogP contribution >= 0.6 is 0 Å². The first-order chi connectivity index (χ1) is 10.4. The molecule has 0 saturated heterocycles. The van der Waals surface area contributed by atoms with Crippen LogP contribution in [0.3, 0.4) is 0 Å². The Morgan fingerprint density at radius 3 is 2.45 bits per heavy atom. The van der Waals surface area contributed by atoms with Crippen LogP contribution < -0.4 is 0 Å². The van der Waals surface area contributed by atoms with Gasteiger partial charge >= 0.3 is 5.97 Å². The molecule has 0 aliphatic rings. The number of nitrogens with zero attached hydrogens (tertiary/aromatic N) is 1. The maximum absolute atomic E-state index is 11.5. The summed E-state index contributed by atoms with van der Waals surface area (Å²) in [5.74, 6) is -0.536. The van der Waals surface area contributed by atoms with Gasteiger partial charge in [-0.05, 0) is 48.9 Å². The fourth-order valence-electron chi connectivity index (χ4n) is 3.32. The van der Waals surface area contributed by atoms with E-state index in [-0.39, 0.29) is 0 Å². The van der Waals surface area contributed by atoms with Crippen molar-refractivity contribution in [3.8, 4) is 0 Å². The third-order valence-corrected chi connectivity index (χ3v) is 4.53. The molecule has 1 aromatic heterocycles. The molecule has 2 rings (SSSR count). The average molecular weight is 301 g/mol. The maximum Gasteiger partial charge on any atom is 0.335 e. The lowest BCUT2D eigenvalue weighted by atomic mass is 9.96. The highest BCUT2D eigenvalue weighted by Crippen LogP contribution is 2.34. The van der Waals surface area contributed by atoms with Gasteiger partial charge in [0.05, 0.1) is 11.1 Å². The van der Waals surface area contributed by atoms with Crippen LogP contribution in [0.4, 0.5) is 0 Å². The Balaban J connectivity index is 2.84. The zero-order chi connectivity index (χ0) is 16.4. The minimum atomic E-state index is -0.843. The first-order valence-corrected chi connectivity index (χ1v) is 8.31. The average Bonchev–Trinajstić information content (AvgIpc) is 2.74. The van der Waals surface area contributed by atoms with E-state index in [2.05, 4.69) is 39.2 Å². The lowest BCUT2D eigenvalue weighted by Crippen LogP contribution is -2.05. The third kappa shape index (κ3) is 2.77. The molecule has 120 valence electrons.